The molecular formula is C2H9B2N3. The average molecular weight is 96.7 g/mol. The van der Waals surface area contributed by atoms with Crippen molar-refractivity contribution in [2.45, 2.75) is 0 Å². The van der Waals surface area contributed by atoms with Crippen LogP contribution in [-0.2, 0) is 0 Å². The Hall–Kier alpha value is 0.00987. The summed E-state index contributed by atoms with van der Waals surface area (Å²) in [6.07, 6.45) is 0. The minimum Gasteiger partial charge on any atom is -0.378 e. The minimum absolute atomic E-state index is 1.38. The largest absolute Gasteiger partial charge is 0.378 e. The van der Waals surface area contributed by atoms with Gasteiger partial charge < -0.3 is 15.6 Å². The SMILES string of the molecule is CN(C)[B]N[B]N. The highest BCUT2D eigenvalue weighted by Gasteiger charge is 1.88. The van der Waals surface area contributed by atoms with Crippen LogP contribution in [-0.4, -0.2) is 34.0 Å². The Morgan fingerprint density at radius 2 is 2.14 bits per heavy atom. The molecule has 0 heterocycles. The molecule has 7 heavy (non-hydrogen) atoms. The fraction of sp³-hybridized carbons (Fsp3) is 1.00. The molecule has 3 N–H and O–H groups in total. The van der Waals surface area contributed by atoms with Crippen LogP contribution in [0.4, 0.5) is 0 Å². The van der Waals surface area contributed by atoms with Crippen molar-refractivity contribution in [3.05, 3.63) is 0 Å². The lowest BCUT2D eigenvalue weighted by Crippen LogP contribution is -2.38. The molecule has 0 bridgehead atoms. The number of hydrogen-bond acceptors (Lipinski definition) is 3. The van der Waals surface area contributed by atoms with Crippen molar-refractivity contribution in [1.82, 2.24) is 9.95 Å². The first kappa shape index (κ1) is 7.01. The zero-order valence-corrected chi connectivity index (χ0v) is 4.68. The van der Waals surface area contributed by atoms with E-state index in [1.165, 1.54) is 7.55 Å². The maximum atomic E-state index is 4.98. The molecule has 0 aliphatic heterocycles. The van der Waals surface area contributed by atoms with Gasteiger partial charge in [-0.1, -0.05) is 0 Å². The third-order valence-electron chi connectivity index (χ3n) is 0.429. The summed E-state index contributed by atoms with van der Waals surface area (Å²) in [7, 11) is 6.95. The van der Waals surface area contributed by atoms with E-state index in [9.17, 15) is 0 Å². The van der Waals surface area contributed by atoms with Crippen molar-refractivity contribution >= 4 is 15.1 Å². The second-order valence-corrected chi connectivity index (χ2v) is 1.43. The van der Waals surface area contributed by atoms with Crippen LogP contribution in [0.5, 0.6) is 0 Å². The molecule has 0 unspecified atom stereocenters. The lowest BCUT2D eigenvalue weighted by molar-refractivity contribution is 0.655. The van der Waals surface area contributed by atoms with Gasteiger partial charge in [-0.25, -0.2) is 0 Å². The third-order valence-corrected chi connectivity index (χ3v) is 0.429. The van der Waals surface area contributed by atoms with E-state index < -0.39 is 0 Å². The summed E-state index contributed by atoms with van der Waals surface area (Å²) < 4.78 is 0. The van der Waals surface area contributed by atoms with E-state index in [1.807, 2.05) is 18.9 Å². The molecule has 0 aromatic carbocycles. The van der Waals surface area contributed by atoms with Crippen molar-refractivity contribution in [3.63, 3.8) is 0 Å². The quantitative estimate of drug-likeness (QED) is 0.406. The van der Waals surface area contributed by atoms with Gasteiger partial charge in [0.05, 0.1) is 0 Å². The van der Waals surface area contributed by atoms with Crippen LogP contribution in [0.25, 0.3) is 0 Å². The Morgan fingerprint density at radius 1 is 1.57 bits per heavy atom. The van der Waals surface area contributed by atoms with E-state index in [0.29, 0.717) is 0 Å². The van der Waals surface area contributed by atoms with Crippen LogP contribution in [0.3, 0.4) is 0 Å². The lowest BCUT2D eigenvalue weighted by atomic mass is 10.0. The number of nitrogens with zero attached hydrogens (tertiary/aromatic N) is 1. The Labute approximate surface area is 45.8 Å². The van der Waals surface area contributed by atoms with Crippen LogP contribution in [0, 0.1) is 0 Å². The van der Waals surface area contributed by atoms with Gasteiger partial charge >= 0.3 is 0 Å². The predicted octanol–water partition coefficient (Wildman–Crippen LogP) is -1.84. The zero-order valence-electron chi connectivity index (χ0n) is 4.68. The Kier molecular flexibility index (Phi) is 4.18. The maximum absolute atomic E-state index is 4.98. The van der Waals surface area contributed by atoms with Gasteiger partial charge in [0.25, 0.3) is 15.1 Å². The number of rotatable bonds is 3. The van der Waals surface area contributed by atoms with E-state index in [1.54, 1.807) is 7.55 Å². The van der Waals surface area contributed by atoms with Gasteiger partial charge in [-0.05, 0) is 14.1 Å². The highest BCUT2D eigenvalue weighted by molar-refractivity contribution is 6.46. The Morgan fingerprint density at radius 3 is 2.29 bits per heavy atom. The molecular weight excluding hydrogens is 87.7 g/mol. The molecule has 0 aliphatic rings. The second kappa shape index (κ2) is 4.18. The summed E-state index contributed by atoms with van der Waals surface area (Å²) in [5.74, 6) is 0. The second-order valence-electron chi connectivity index (χ2n) is 1.43. The lowest BCUT2D eigenvalue weighted by Gasteiger charge is -2.04. The summed E-state index contributed by atoms with van der Waals surface area (Å²) in [4.78, 5) is 1.86. The van der Waals surface area contributed by atoms with E-state index in [0.717, 1.165) is 0 Å². The molecule has 5 heteroatoms. The molecule has 0 amide bonds. The monoisotopic (exact) mass is 97.1 g/mol. The van der Waals surface area contributed by atoms with Gasteiger partial charge in [-0.15, -0.1) is 0 Å². The van der Waals surface area contributed by atoms with Crippen molar-refractivity contribution in [2.75, 3.05) is 14.1 Å². The van der Waals surface area contributed by atoms with Crippen molar-refractivity contribution < 1.29 is 0 Å². The van der Waals surface area contributed by atoms with Crippen molar-refractivity contribution in [2.24, 2.45) is 5.64 Å². The molecule has 0 atom stereocenters. The van der Waals surface area contributed by atoms with Crippen LogP contribution in [0.15, 0.2) is 0 Å². The summed E-state index contributed by atoms with van der Waals surface area (Å²) in [5, 5.41) is 2.70. The van der Waals surface area contributed by atoms with Gasteiger partial charge in [-0.3, -0.25) is 0 Å². The molecule has 0 aromatic heterocycles. The van der Waals surface area contributed by atoms with Crippen molar-refractivity contribution in [1.29, 1.82) is 0 Å². The van der Waals surface area contributed by atoms with Crippen LogP contribution < -0.4 is 10.8 Å². The third kappa shape index (κ3) is 6.01. The average Bonchev–Trinajstić information content (AvgIpc) is 1.61. The minimum atomic E-state index is 1.38. The van der Waals surface area contributed by atoms with E-state index in [4.69, 9.17) is 5.64 Å². The van der Waals surface area contributed by atoms with Crippen LogP contribution in [0.1, 0.15) is 0 Å². The fourth-order valence-electron chi connectivity index (χ4n) is 0.192. The Balaban J connectivity index is 2.68. The summed E-state index contributed by atoms with van der Waals surface area (Å²) in [5.41, 5.74) is 4.98. The highest BCUT2D eigenvalue weighted by atomic mass is 15.0. The standard InChI is InChI=1S/C2H9B2N3/c1-7(2)4-6-3-5/h6H,5H2,1-2H3. The zero-order chi connectivity index (χ0) is 5.70. The topological polar surface area (TPSA) is 41.3 Å². The van der Waals surface area contributed by atoms with Crippen LogP contribution in [0.2, 0.25) is 0 Å². The number of hydrogen-bond donors (Lipinski definition) is 2. The predicted molar refractivity (Wildman–Crippen MR) is 32.5 cm³/mol. The van der Waals surface area contributed by atoms with Gasteiger partial charge in [0.15, 0.2) is 0 Å². The molecule has 3 nitrogen and oxygen atoms in total. The van der Waals surface area contributed by atoms with Gasteiger partial charge in [0, 0.05) is 0 Å². The summed E-state index contributed by atoms with van der Waals surface area (Å²) in [6, 6.07) is 0. The molecule has 0 aromatic rings. The van der Waals surface area contributed by atoms with E-state index >= 15 is 0 Å². The van der Waals surface area contributed by atoms with Crippen LogP contribution >= 0.6 is 0 Å². The Bertz CT molecular complexity index is 39.9. The number of nitrogens with two attached hydrogens (primary N) is 1. The van der Waals surface area contributed by atoms with Gasteiger partial charge in [0.1, 0.15) is 0 Å². The molecule has 0 saturated heterocycles. The van der Waals surface area contributed by atoms with E-state index in [2.05, 4.69) is 5.14 Å². The molecule has 2 radical (unpaired) electrons. The molecule has 0 rings (SSSR count). The first-order valence-corrected chi connectivity index (χ1v) is 2.06. The summed E-state index contributed by atoms with van der Waals surface area (Å²) >= 11 is 0. The normalized spacial score (nSPS) is 9.14. The van der Waals surface area contributed by atoms with Crippen molar-refractivity contribution in [3.8, 4) is 0 Å². The summed E-state index contributed by atoms with van der Waals surface area (Å²) in [6.45, 7) is 0. The first-order valence-electron chi connectivity index (χ1n) is 2.06. The molecule has 0 aliphatic carbocycles. The van der Waals surface area contributed by atoms with Gasteiger partial charge in [0.2, 0.25) is 0 Å². The van der Waals surface area contributed by atoms with E-state index in [-0.39, 0.29) is 0 Å². The molecule has 38 valence electrons. The fourth-order valence-corrected chi connectivity index (χ4v) is 0.192. The molecule has 0 spiro atoms. The van der Waals surface area contributed by atoms with Gasteiger partial charge in [-0.2, -0.15) is 0 Å². The molecule has 0 saturated carbocycles. The molecule has 0 fully saturated rings. The number of nitrogens with one attached hydrogen (secondary N) is 1. The maximum Gasteiger partial charge on any atom is 0.298 e. The highest BCUT2D eigenvalue weighted by Crippen LogP contribution is 1.57. The smallest absolute Gasteiger partial charge is 0.298 e. The first-order chi connectivity index (χ1) is 3.27.